The summed E-state index contributed by atoms with van der Waals surface area (Å²) in [6.07, 6.45) is -2.86. The smallest absolute Gasteiger partial charge is 0.206 e. The molecule has 0 radical (unpaired) electrons. The molecule has 0 spiro atoms. The van der Waals surface area contributed by atoms with Gasteiger partial charge in [-0.1, -0.05) is 11.6 Å². The zero-order valence-electron chi connectivity index (χ0n) is 5.62. The van der Waals surface area contributed by atoms with E-state index in [1.54, 1.807) is 0 Å². The summed E-state index contributed by atoms with van der Waals surface area (Å²) in [5.74, 6) is -0.957. The second-order valence-electron chi connectivity index (χ2n) is 2.06. The third-order valence-electron chi connectivity index (χ3n) is 1.30. The van der Waals surface area contributed by atoms with Gasteiger partial charge in [0.2, 0.25) is 0 Å². The molecule has 0 atom stereocenters. The quantitative estimate of drug-likeness (QED) is 0.664. The molecule has 0 saturated carbocycles. The molecule has 66 valence electrons. The summed E-state index contributed by atoms with van der Waals surface area (Å²) in [6.45, 7) is 0. The lowest BCUT2D eigenvalue weighted by Crippen LogP contribution is -1.92. The van der Waals surface area contributed by atoms with Crippen molar-refractivity contribution in [2.45, 2.75) is 6.43 Å². The number of rotatable bonds is 1. The molecule has 0 saturated heterocycles. The topological polar surface area (TPSA) is 0 Å². The molecule has 0 N–H and O–H groups in total. The van der Waals surface area contributed by atoms with Gasteiger partial charge in [0.25, 0.3) is 6.43 Å². The Morgan fingerprint density at radius 2 is 1.92 bits per heavy atom. The lowest BCUT2D eigenvalue weighted by Gasteiger charge is -2.05. The van der Waals surface area contributed by atoms with Crippen LogP contribution >= 0.6 is 27.5 Å². The summed E-state index contributed by atoms with van der Waals surface area (Å²) in [5, 5.41) is 0.0756. The van der Waals surface area contributed by atoms with Gasteiger partial charge < -0.3 is 0 Å². The van der Waals surface area contributed by atoms with Gasteiger partial charge in [-0.05, 0) is 28.1 Å². The maximum atomic E-state index is 12.7. The molecular weight excluding hydrogens is 256 g/mol. The fourth-order valence-corrected chi connectivity index (χ4v) is 1.40. The lowest BCUT2D eigenvalue weighted by molar-refractivity contribution is 0.145. The summed E-state index contributed by atoms with van der Waals surface area (Å²) in [5.41, 5.74) is -0.692. The predicted molar refractivity (Wildman–Crippen MR) is 44.1 cm³/mol. The van der Waals surface area contributed by atoms with E-state index in [0.29, 0.717) is 0 Å². The van der Waals surface area contributed by atoms with Crippen LogP contribution in [0.15, 0.2) is 16.6 Å². The monoisotopic (exact) mass is 258 g/mol. The van der Waals surface area contributed by atoms with Crippen molar-refractivity contribution in [2.75, 3.05) is 0 Å². The average Bonchev–Trinajstić information content (AvgIpc) is 1.97. The van der Waals surface area contributed by atoms with Gasteiger partial charge in [-0.2, -0.15) is 0 Å². The van der Waals surface area contributed by atoms with Gasteiger partial charge in [-0.25, -0.2) is 13.2 Å². The Balaban J connectivity index is 3.33. The molecule has 0 aliphatic carbocycles. The second-order valence-corrected chi connectivity index (χ2v) is 3.26. The van der Waals surface area contributed by atoms with Crippen molar-refractivity contribution in [1.29, 1.82) is 0 Å². The molecule has 0 aliphatic rings. The van der Waals surface area contributed by atoms with Crippen LogP contribution in [0.4, 0.5) is 13.2 Å². The van der Waals surface area contributed by atoms with E-state index in [0.717, 1.165) is 6.07 Å². The van der Waals surface area contributed by atoms with Crippen LogP contribution in [-0.2, 0) is 0 Å². The second kappa shape index (κ2) is 3.66. The van der Waals surface area contributed by atoms with Gasteiger partial charge in [-0.15, -0.1) is 0 Å². The molecule has 0 aliphatic heterocycles. The molecular formula is C7H3BrClF3. The van der Waals surface area contributed by atoms with Crippen LogP contribution in [0.25, 0.3) is 0 Å². The van der Waals surface area contributed by atoms with Crippen molar-refractivity contribution in [3.8, 4) is 0 Å². The lowest BCUT2D eigenvalue weighted by atomic mass is 10.2. The molecule has 0 fully saturated rings. The van der Waals surface area contributed by atoms with Gasteiger partial charge in [0.15, 0.2) is 0 Å². The number of benzene rings is 1. The number of hydrogen-bond acceptors (Lipinski definition) is 0. The van der Waals surface area contributed by atoms with Crippen molar-refractivity contribution in [3.63, 3.8) is 0 Å². The van der Waals surface area contributed by atoms with Crippen LogP contribution in [0.5, 0.6) is 0 Å². The largest absolute Gasteiger partial charge is 0.267 e. The summed E-state index contributed by atoms with van der Waals surface area (Å²) < 4.78 is 36.9. The van der Waals surface area contributed by atoms with Crippen LogP contribution in [0.2, 0.25) is 5.02 Å². The number of alkyl halides is 2. The molecule has 0 amide bonds. The SMILES string of the molecule is Fc1ccc(Cl)c(Br)c1C(F)F. The Morgan fingerprint density at radius 1 is 1.33 bits per heavy atom. The van der Waals surface area contributed by atoms with Gasteiger partial charge in [0.05, 0.1) is 10.6 Å². The first kappa shape index (κ1) is 9.86. The van der Waals surface area contributed by atoms with E-state index in [-0.39, 0.29) is 9.50 Å². The summed E-state index contributed by atoms with van der Waals surface area (Å²) in [6, 6.07) is 2.13. The van der Waals surface area contributed by atoms with Gasteiger partial charge in [0.1, 0.15) is 5.82 Å². The van der Waals surface area contributed by atoms with Gasteiger partial charge >= 0.3 is 0 Å². The number of hydrogen-bond donors (Lipinski definition) is 0. The highest BCUT2D eigenvalue weighted by Gasteiger charge is 2.18. The molecule has 5 heteroatoms. The Kier molecular flexibility index (Phi) is 3.01. The summed E-state index contributed by atoms with van der Waals surface area (Å²) >= 11 is 8.26. The van der Waals surface area contributed by atoms with Crippen molar-refractivity contribution >= 4 is 27.5 Å². The highest BCUT2D eigenvalue weighted by molar-refractivity contribution is 9.10. The summed E-state index contributed by atoms with van der Waals surface area (Å²) in [4.78, 5) is 0. The minimum atomic E-state index is -2.86. The number of halogens is 5. The van der Waals surface area contributed by atoms with Gasteiger partial charge in [0, 0.05) is 4.47 Å². The Morgan fingerprint density at radius 3 is 2.33 bits per heavy atom. The molecule has 1 aromatic carbocycles. The van der Waals surface area contributed by atoms with E-state index in [4.69, 9.17) is 11.6 Å². The maximum Gasteiger partial charge on any atom is 0.267 e. The third-order valence-corrected chi connectivity index (χ3v) is 2.70. The summed E-state index contributed by atoms with van der Waals surface area (Å²) in [7, 11) is 0. The first-order chi connectivity index (χ1) is 5.54. The molecule has 0 nitrogen and oxygen atoms in total. The Bertz CT molecular complexity index is 301. The van der Waals surface area contributed by atoms with Crippen molar-refractivity contribution in [1.82, 2.24) is 0 Å². The van der Waals surface area contributed by atoms with E-state index < -0.39 is 17.8 Å². The standard InChI is InChI=1S/C7H3BrClF3/c8-6-3(9)1-2-4(10)5(6)7(11)12/h1-2,7H. The molecule has 0 unspecified atom stereocenters. The predicted octanol–water partition coefficient (Wildman–Crippen LogP) is 4.18. The van der Waals surface area contributed by atoms with Crippen LogP contribution < -0.4 is 0 Å². The van der Waals surface area contributed by atoms with E-state index in [1.807, 2.05) is 0 Å². The average molecular weight is 259 g/mol. The molecule has 0 bridgehead atoms. The minimum absolute atomic E-state index is 0.0756. The van der Waals surface area contributed by atoms with Crippen LogP contribution in [0, 0.1) is 5.82 Å². The molecule has 0 heterocycles. The molecule has 1 aromatic rings. The third kappa shape index (κ3) is 1.75. The van der Waals surface area contributed by atoms with Crippen molar-refractivity contribution < 1.29 is 13.2 Å². The van der Waals surface area contributed by atoms with Crippen molar-refractivity contribution in [2.24, 2.45) is 0 Å². The van der Waals surface area contributed by atoms with E-state index in [9.17, 15) is 13.2 Å². The van der Waals surface area contributed by atoms with E-state index in [2.05, 4.69) is 15.9 Å². The normalized spacial score (nSPS) is 10.8. The zero-order chi connectivity index (χ0) is 9.30. The highest BCUT2D eigenvalue weighted by atomic mass is 79.9. The maximum absolute atomic E-state index is 12.7. The van der Waals surface area contributed by atoms with E-state index in [1.165, 1.54) is 6.07 Å². The molecule has 12 heavy (non-hydrogen) atoms. The van der Waals surface area contributed by atoms with Crippen LogP contribution in [-0.4, -0.2) is 0 Å². The Labute approximate surface area is 80.5 Å². The van der Waals surface area contributed by atoms with Gasteiger partial charge in [-0.3, -0.25) is 0 Å². The fourth-order valence-electron chi connectivity index (χ4n) is 0.743. The first-order valence-electron chi connectivity index (χ1n) is 2.95. The Hall–Kier alpha value is -0.220. The van der Waals surface area contributed by atoms with E-state index >= 15 is 0 Å². The highest BCUT2D eigenvalue weighted by Crippen LogP contribution is 2.34. The molecule has 0 aromatic heterocycles. The van der Waals surface area contributed by atoms with Crippen molar-refractivity contribution in [3.05, 3.63) is 33.0 Å². The zero-order valence-corrected chi connectivity index (χ0v) is 7.96. The first-order valence-corrected chi connectivity index (χ1v) is 4.12. The van der Waals surface area contributed by atoms with Crippen LogP contribution in [0.1, 0.15) is 12.0 Å². The molecule has 1 rings (SSSR count). The fraction of sp³-hybridized carbons (Fsp3) is 0.143. The minimum Gasteiger partial charge on any atom is -0.206 e. The van der Waals surface area contributed by atoms with Crippen LogP contribution in [0.3, 0.4) is 0 Å².